The molecule has 0 spiro atoms. The first-order valence-corrected chi connectivity index (χ1v) is 7.38. The Balaban J connectivity index is 2.27. The van der Waals surface area contributed by atoms with Crippen molar-refractivity contribution in [3.63, 3.8) is 0 Å². The highest BCUT2D eigenvalue weighted by molar-refractivity contribution is 9.10. The largest absolute Gasteiger partial charge is 0.355 e. The van der Waals surface area contributed by atoms with E-state index in [4.69, 9.17) is 0 Å². The van der Waals surface area contributed by atoms with E-state index in [0.717, 1.165) is 26.1 Å². The Bertz CT molecular complexity index is 289. The van der Waals surface area contributed by atoms with Crippen LogP contribution in [0.25, 0.3) is 0 Å². The van der Waals surface area contributed by atoms with Crippen molar-refractivity contribution in [2.75, 3.05) is 39.3 Å². The van der Waals surface area contributed by atoms with Gasteiger partial charge < -0.3 is 10.2 Å². The number of nitrogens with zero attached hydrogens (tertiary/aromatic N) is 2. The third-order valence-corrected chi connectivity index (χ3v) is 3.36. The SMILES string of the molecule is CCCNC(=O)CN1CCN(C(=O)C(C)Br)CC1. The fraction of sp³-hybridized carbons (Fsp3) is 0.833. The van der Waals surface area contributed by atoms with Gasteiger partial charge in [-0.1, -0.05) is 22.9 Å². The molecule has 0 radical (unpaired) electrons. The number of nitrogens with one attached hydrogen (secondary N) is 1. The molecule has 0 aromatic heterocycles. The van der Waals surface area contributed by atoms with Gasteiger partial charge in [0.2, 0.25) is 11.8 Å². The van der Waals surface area contributed by atoms with Gasteiger partial charge >= 0.3 is 0 Å². The van der Waals surface area contributed by atoms with Crippen molar-refractivity contribution < 1.29 is 9.59 Å². The van der Waals surface area contributed by atoms with Gasteiger partial charge in [-0.15, -0.1) is 0 Å². The van der Waals surface area contributed by atoms with Gasteiger partial charge in [0.25, 0.3) is 0 Å². The zero-order valence-corrected chi connectivity index (χ0v) is 12.7. The normalized spacial score (nSPS) is 18.5. The summed E-state index contributed by atoms with van der Waals surface area (Å²) in [5.74, 6) is 0.204. The maximum Gasteiger partial charge on any atom is 0.236 e. The number of amides is 2. The lowest BCUT2D eigenvalue weighted by Crippen LogP contribution is -2.52. The van der Waals surface area contributed by atoms with Crippen LogP contribution in [0.4, 0.5) is 0 Å². The summed E-state index contributed by atoms with van der Waals surface area (Å²) in [5, 5.41) is 2.86. The molecule has 1 rings (SSSR count). The number of carbonyl (C=O) groups is 2. The minimum absolute atomic E-state index is 0.0745. The van der Waals surface area contributed by atoms with Crippen molar-refractivity contribution >= 4 is 27.7 Å². The van der Waals surface area contributed by atoms with Crippen LogP contribution in [-0.4, -0.2) is 65.7 Å². The maximum atomic E-state index is 11.7. The first-order chi connectivity index (χ1) is 8.54. The monoisotopic (exact) mass is 319 g/mol. The predicted molar refractivity (Wildman–Crippen MR) is 74.7 cm³/mol. The molecule has 1 aliphatic rings. The van der Waals surface area contributed by atoms with Crippen molar-refractivity contribution in [3.05, 3.63) is 0 Å². The smallest absolute Gasteiger partial charge is 0.236 e. The van der Waals surface area contributed by atoms with E-state index in [9.17, 15) is 9.59 Å². The summed E-state index contributed by atoms with van der Waals surface area (Å²) in [5.41, 5.74) is 0. The average molecular weight is 320 g/mol. The molecular formula is C12H22BrN3O2. The molecule has 18 heavy (non-hydrogen) atoms. The van der Waals surface area contributed by atoms with Crippen LogP contribution >= 0.6 is 15.9 Å². The molecule has 1 atom stereocenters. The fourth-order valence-electron chi connectivity index (χ4n) is 1.90. The standard InChI is InChI=1S/C12H22BrN3O2/c1-3-4-14-11(17)9-15-5-7-16(8-6-15)12(18)10(2)13/h10H,3-9H2,1-2H3,(H,14,17). The van der Waals surface area contributed by atoms with E-state index < -0.39 is 0 Å². The van der Waals surface area contributed by atoms with Crippen LogP contribution in [0.5, 0.6) is 0 Å². The van der Waals surface area contributed by atoms with Gasteiger partial charge in [0.1, 0.15) is 0 Å². The van der Waals surface area contributed by atoms with Crippen LogP contribution in [0.2, 0.25) is 0 Å². The molecule has 104 valence electrons. The third-order valence-electron chi connectivity index (χ3n) is 2.96. The molecule has 0 aromatic carbocycles. The van der Waals surface area contributed by atoms with Gasteiger partial charge in [0, 0.05) is 32.7 Å². The number of alkyl halides is 1. The lowest BCUT2D eigenvalue weighted by Gasteiger charge is -2.34. The highest BCUT2D eigenvalue weighted by Gasteiger charge is 2.24. The number of piperazine rings is 1. The fourth-order valence-corrected chi connectivity index (χ4v) is 2.19. The second kappa shape index (κ2) is 7.74. The molecule has 6 heteroatoms. The van der Waals surface area contributed by atoms with Crippen LogP contribution in [-0.2, 0) is 9.59 Å². The quantitative estimate of drug-likeness (QED) is 0.748. The summed E-state index contributed by atoms with van der Waals surface area (Å²) in [7, 11) is 0. The minimum Gasteiger partial charge on any atom is -0.355 e. The van der Waals surface area contributed by atoms with E-state index >= 15 is 0 Å². The minimum atomic E-state index is -0.128. The first-order valence-electron chi connectivity index (χ1n) is 6.46. The Morgan fingerprint density at radius 2 is 1.89 bits per heavy atom. The van der Waals surface area contributed by atoms with Crippen LogP contribution in [0.3, 0.4) is 0 Å². The van der Waals surface area contributed by atoms with Crippen LogP contribution in [0.1, 0.15) is 20.3 Å². The molecule has 0 bridgehead atoms. The highest BCUT2D eigenvalue weighted by atomic mass is 79.9. The summed E-state index contributed by atoms with van der Waals surface area (Å²) in [4.78, 5) is 27.1. The molecular weight excluding hydrogens is 298 g/mol. The van der Waals surface area contributed by atoms with Gasteiger partial charge in [-0.25, -0.2) is 0 Å². The van der Waals surface area contributed by atoms with E-state index in [-0.39, 0.29) is 16.6 Å². The first kappa shape index (κ1) is 15.4. The number of rotatable bonds is 5. The second-order valence-electron chi connectivity index (χ2n) is 4.57. The van der Waals surface area contributed by atoms with Gasteiger partial charge in [-0.3, -0.25) is 14.5 Å². The summed E-state index contributed by atoms with van der Waals surface area (Å²) < 4.78 is 0. The van der Waals surface area contributed by atoms with E-state index in [0.29, 0.717) is 19.6 Å². The van der Waals surface area contributed by atoms with Crippen molar-refractivity contribution in [2.24, 2.45) is 0 Å². The Morgan fingerprint density at radius 3 is 2.39 bits per heavy atom. The predicted octanol–water partition coefficient (Wildman–Crippen LogP) is 0.440. The molecule has 0 aliphatic carbocycles. The highest BCUT2D eigenvalue weighted by Crippen LogP contribution is 2.08. The lowest BCUT2D eigenvalue weighted by molar-refractivity contribution is -0.132. The summed E-state index contributed by atoms with van der Waals surface area (Å²) in [6.45, 7) is 7.99. The molecule has 5 nitrogen and oxygen atoms in total. The number of halogens is 1. The molecule has 1 unspecified atom stereocenters. The van der Waals surface area contributed by atoms with E-state index in [1.807, 2.05) is 18.7 Å². The molecule has 1 heterocycles. The average Bonchev–Trinajstić information content (AvgIpc) is 2.36. The number of carbonyl (C=O) groups excluding carboxylic acids is 2. The zero-order chi connectivity index (χ0) is 13.5. The van der Waals surface area contributed by atoms with Crippen LogP contribution in [0.15, 0.2) is 0 Å². The van der Waals surface area contributed by atoms with Crippen molar-refractivity contribution in [1.29, 1.82) is 0 Å². The van der Waals surface area contributed by atoms with Gasteiger partial charge in [-0.2, -0.15) is 0 Å². The van der Waals surface area contributed by atoms with Crippen LogP contribution in [0, 0.1) is 0 Å². The Hall–Kier alpha value is -0.620. The summed E-state index contributed by atoms with van der Waals surface area (Å²) >= 11 is 3.29. The van der Waals surface area contributed by atoms with Gasteiger partial charge in [-0.05, 0) is 13.3 Å². The Labute approximate surface area is 117 Å². The van der Waals surface area contributed by atoms with Crippen LogP contribution < -0.4 is 5.32 Å². The lowest BCUT2D eigenvalue weighted by atomic mass is 10.3. The van der Waals surface area contributed by atoms with E-state index in [1.54, 1.807) is 0 Å². The molecule has 1 fully saturated rings. The Morgan fingerprint density at radius 1 is 1.28 bits per heavy atom. The molecule has 2 amide bonds. The number of hydrogen-bond acceptors (Lipinski definition) is 3. The van der Waals surface area contributed by atoms with Crippen molar-refractivity contribution in [3.8, 4) is 0 Å². The molecule has 0 aromatic rings. The zero-order valence-electron chi connectivity index (χ0n) is 11.1. The van der Waals surface area contributed by atoms with Gasteiger partial charge in [0.15, 0.2) is 0 Å². The Kier molecular flexibility index (Phi) is 6.63. The second-order valence-corrected chi connectivity index (χ2v) is 5.94. The topological polar surface area (TPSA) is 52.7 Å². The van der Waals surface area contributed by atoms with Crippen molar-refractivity contribution in [2.45, 2.75) is 25.1 Å². The van der Waals surface area contributed by atoms with E-state index in [1.165, 1.54) is 0 Å². The number of hydrogen-bond donors (Lipinski definition) is 1. The molecule has 1 N–H and O–H groups in total. The summed E-state index contributed by atoms with van der Waals surface area (Å²) in [6, 6.07) is 0. The molecule has 1 aliphatic heterocycles. The molecule has 0 saturated carbocycles. The van der Waals surface area contributed by atoms with E-state index in [2.05, 4.69) is 26.1 Å². The third kappa shape index (κ3) is 4.94. The molecule has 1 saturated heterocycles. The van der Waals surface area contributed by atoms with Gasteiger partial charge in [0.05, 0.1) is 11.4 Å². The van der Waals surface area contributed by atoms with Crippen molar-refractivity contribution in [1.82, 2.24) is 15.1 Å². The summed E-state index contributed by atoms with van der Waals surface area (Å²) in [6.07, 6.45) is 0.956. The maximum absolute atomic E-state index is 11.7.